The summed E-state index contributed by atoms with van der Waals surface area (Å²) in [7, 11) is 0. The van der Waals surface area contributed by atoms with E-state index in [1.807, 2.05) is 0 Å². The van der Waals surface area contributed by atoms with Crippen molar-refractivity contribution in [1.29, 1.82) is 0 Å². The third-order valence-electron chi connectivity index (χ3n) is 3.96. The summed E-state index contributed by atoms with van der Waals surface area (Å²) in [6.45, 7) is 6.76. The van der Waals surface area contributed by atoms with Crippen LogP contribution >= 0.6 is 0 Å². The second-order valence-corrected chi connectivity index (χ2v) is 6.28. The second kappa shape index (κ2) is 8.42. The van der Waals surface area contributed by atoms with E-state index in [9.17, 15) is 14.4 Å². The number of rotatable bonds is 6. The topological polar surface area (TPSA) is 82.6 Å². The second-order valence-electron chi connectivity index (χ2n) is 6.28. The fourth-order valence-corrected chi connectivity index (χ4v) is 2.44. The van der Waals surface area contributed by atoms with Gasteiger partial charge in [0, 0.05) is 32.7 Å². The molecule has 3 amide bonds. The standard InChI is InChI=1S/C17H24N4O3/c1-13(2)6-7-18-16(23)14-4-3-5-15(19-14)17(24)21-10-8-20(12-22)9-11-21/h3-5,12-13H,6-11H2,1-2H3,(H,18,23). The first-order valence-electron chi connectivity index (χ1n) is 8.25. The Bertz CT molecular complexity index is 595. The van der Waals surface area contributed by atoms with Gasteiger partial charge in [0.1, 0.15) is 11.4 Å². The Hall–Kier alpha value is -2.44. The monoisotopic (exact) mass is 332 g/mol. The number of aromatic nitrogens is 1. The van der Waals surface area contributed by atoms with Crippen LogP contribution in [0, 0.1) is 5.92 Å². The van der Waals surface area contributed by atoms with Gasteiger partial charge in [0.25, 0.3) is 11.8 Å². The molecule has 1 aromatic rings. The number of amides is 3. The van der Waals surface area contributed by atoms with Gasteiger partial charge in [-0.05, 0) is 24.5 Å². The fourth-order valence-electron chi connectivity index (χ4n) is 2.44. The molecular weight excluding hydrogens is 308 g/mol. The highest BCUT2D eigenvalue weighted by Crippen LogP contribution is 2.08. The van der Waals surface area contributed by atoms with Gasteiger partial charge in [-0.15, -0.1) is 0 Å². The largest absolute Gasteiger partial charge is 0.351 e. The summed E-state index contributed by atoms with van der Waals surface area (Å²) in [5.41, 5.74) is 0.502. The van der Waals surface area contributed by atoms with Crippen molar-refractivity contribution in [2.75, 3.05) is 32.7 Å². The number of piperazine rings is 1. The Balaban J connectivity index is 1.97. The first-order chi connectivity index (χ1) is 11.5. The van der Waals surface area contributed by atoms with Crippen LogP contribution in [0.4, 0.5) is 0 Å². The van der Waals surface area contributed by atoms with E-state index in [-0.39, 0.29) is 23.2 Å². The Morgan fingerprint density at radius 3 is 2.50 bits per heavy atom. The smallest absolute Gasteiger partial charge is 0.272 e. The normalized spacial score (nSPS) is 14.6. The Labute approximate surface area is 142 Å². The van der Waals surface area contributed by atoms with Crippen LogP contribution in [0.5, 0.6) is 0 Å². The minimum absolute atomic E-state index is 0.211. The van der Waals surface area contributed by atoms with Gasteiger partial charge in [-0.2, -0.15) is 0 Å². The van der Waals surface area contributed by atoms with Crippen molar-refractivity contribution >= 4 is 18.2 Å². The van der Waals surface area contributed by atoms with E-state index in [4.69, 9.17) is 0 Å². The van der Waals surface area contributed by atoms with E-state index in [2.05, 4.69) is 24.1 Å². The lowest BCUT2D eigenvalue weighted by Crippen LogP contribution is -2.48. The maximum Gasteiger partial charge on any atom is 0.272 e. The number of nitrogens with zero attached hydrogens (tertiary/aromatic N) is 3. The van der Waals surface area contributed by atoms with Crippen molar-refractivity contribution < 1.29 is 14.4 Å². The van der Waals surface area contributed by atoms with Gasteiger partial charge < -0.3 is 15.1 Å². The van der Waals surface area contributed by atoms with E-state index in [1.165, 1.54) is 0 Å². The molecule has 2 rings (SSSR count). The first-order valence-corrected chi connectivity index (χ1v) is 8.25. The number of carbonyl (C=O) groups is 3. The summed E-state index contributed by atoms with van der Waals surface area (Å²) >= 11 is 0. The number of hydrogen-bond donors (Lipinski definition) is 1. The lowest BCUT2D eigenvalue weighted by molar-refractivity contribution is -0.119. The van der Waals surface area contributed by atoms with Gasteiger partial charge in [0.05, 0.1) is 0 Å². The molecule has 0 aromatic carbocycles. The molecule has 1 aliphatic heterocycles. The molecule has 0 unspecified atom stereocenters. The lowest BCUT2D eigenvalue weighted by atomic mass is 10.1. The maximum absolute atomic E-state index is 12.5. The van der Waals surface area contributed by atoms with Gasteiger partial charge in [0.2, 0.25) is 6.41 Å². The van der Waals surface area contributed by atoms with Crippen LogP contribution in [0.25, 0.3) is 0 Å². The van der Waals surface area contributed by atoms with Crippen molar-refractivity contribution in [3.63, 3.8) is 0 Å². The summed E-state index contributed by atoms with van der Waals surface area (Å²) in [5.74, 6) is 0.0321. The molecule has 1 aliphatic rings. The van der Waals surface area contributed by atoms with E-state index >= 15 is 0 Å². The minimum atomic E-state index is -0.268. The third-order valence-corrected chi connectivity index (χ3v) is 3.96. The van der Waals surface area contributed by atoms with Crippen molar-refractivity contribution in [2.24, 2.45) is 5.92 Å². The van der Waals surface area contributed by atoms with Crippen molar-refractivity contribution in [3.05, 3.63) is 29.6 Å². The van der Waals surface area contributed by atoms with Gasteiger partial charge in [-0.3, -0.25) is 14.4 Å². The Morgan fingerprint density at radius 2 is 1.88 bits per heavy atom. The summed E-state index contributed by atoms with van der Waals surface area (Å²) < 4.78 is 0. The number of hydrogen-bond acceptors (Lipinski definition) is 4. The predicted molar refractivity (Wildman–Crippen MR) is 89.6 cm³/mol. The quantitative estimate of drug-likeness (QED) is 0.780. The van der Waals surface area contributed by atoms with Crippen molar-refractivity contribution in [1.82, 2.24) is 20.1 Å². The SMILES string of the molecule is CC(C)CCNC(=O)c1cccc(C(=O)N2CCN(C=O)CC2)n1. The molecule has 0 spiro atoms. The van der Waals surface area contributed by atoms with Crippen molar-refractivity contribution in [2.45, 2.75) is 20.3 Å². The van der Waals surface area contributed by atoms with Crippen LogP contribution in [0.15, 0.2) is 18.2 Å². The Kier molecular flexibility index (Phi) is 6.28. The van der Waals surface area contributed by atoms with Crippen LogP contribution in [0.3, 0.4) is 0 Å². The zero-order valence-corrected chi connectivity index (χ0v) is 14.2. The molecule has 130 valence electrons. The molecule has 7 heteroatoms. The Morgan fingerprint density at radius 1 is 1.21 bits per heavy atom. The number of nitrogens with one attached hydrogen (secondary N) is 1. The number of pyridine rings is 1. The molecule has 0 bridgehead atoms. The maximum atomic E-state index is 12.5. The predicted octanol–water partition coefficient (Wildman–Crippen LogP) is 0.772. The zero-order chi connectivity index (χ0) is 17.5. The molecule has 2 heterocycles. The van der Waals surface area contributed by atoms with Gasteiger partial charge in [-0.1, -0.05) is 19.9 Å². The molecule has 1 N–H and O–H groups in total. The molecule has 1 fully saturated rings. The van der Waals surface area contributed by atoms with Crippen LogP contribution in [-0.2, 0) is 4.79 Å². The van der Waals surface area contributed by atoms with Crippen LogP contribution in [0.1, 0.15) is 41.2 Å². The molecule has 0 radical (unpaired) electrons. The average Bonchev–Trinajstić information content (AvgIpc) is 2.61. The zero-order valence-electron chi connectivity index (χ0n) is 14.2. The highest BCUT2D eigenvalue weighted by atomic mass is 16.2. The number of carbonyl (C=O) groups excluding carboxylic acids is 3. The highest BCUT2D eigenvalue weighted by Gasteiger charge is 2.22. The molecule has 7 nitrogen and oxygen atoms in total. The van der Waals surface area contributed by atoms with E-state index in [0.29, 0.717) is 38.6 Å². The minimum Gasteiger partial charge on any atom is -0.351 e. The first kappa shape index (κ1) is 17.9. The van der Waals surface area contributed by atoms with Crippen molar-refractivity contribution in [3.8, 4) is 0 Å². The summed E-state index contributed by atoms with van der Waals surface area (Å²) in [6, 6.07) is 4.88. The van der Waals surface area contributed by atoms with E-state index in [0.717, 1.165) is 12.8 Å². The molecule has 0 saturated carbocycles. The lowest BCUT2D eigenvalue weighted by Gasteiger charge is -2.32. The summed E-state index contributed by atoms with van der Waals surface area (Å²) in [6.07, 6.45) is 1.69. The van der Waals surface area contributed by atoms with E-state index < -0.39 is 0 Å². The average molecular weight is 332 g/mol. The third kappa shape index (κ3) is 4.78. The molecule has 1 aromatic heterocycles. The molecule has 0 aliphatic carbocycles. The molecule has 24 heavy (non-hydrogen) atoms. The molecule has 0 atom stereocenters. The van der Waals surface area contributed by atoms with Gasteiger partial charge in [0.15, 0.2) is 0 Å². The van der Waals surface area contributed by atoms with Crippen LogP contribution in [0.2, 0.25) is 0 Å². The van der Waals surface area contributed by atoms with Gasteiger partial charge in [-0.25, -0.2) is 4.98 Å². The van der Waals surface area contributed by atoms with Crippen LogP contribution < -0.4 is 5.32 Å². The van der Waals surface area contributed by atoms with Crippen LogP contribution in [-0.4, -0.2) is 65.7 Å². The fraction of sp³-hybridized carbons (Fsp3) is 0.529. The highest BCUT2D eigenvalue weighted by molar-refractivity contribution is 5.96. The summed E-state index contributed by atoms with van der Waals surface area (Å²) in [4.78, 5) is 42.8. The molecular formula is C17H24N4O3. The van der Waals surface area contributed by atoms with E-state index in [1.54, 1.807) is 28.0 Å². The van der Waals surface area contributed by atoms with Gasteiger partial charge >= 0.3 is 0 Å². The summed E-state index contributed by atoms with van der Waals surface area (Å²) in [5, 5.41) is 2.82. The molecule has 1 saturated heterocycles.